The molecule has 0 aliphatic carbocycles. The molecule has 2 aromatic rings. The molecule has 0 saturated heterocycles. The summed E-state index contributed by atoms with van der Waals surface area (Å²) in [7, 11) is -2.22. The van der Waals surface area contributed by atoms with Crippen LogP contribution in [0, 0.1) is 5.92 Å². The maximum atomic E-state index is 13.6. The minimum absolute atomic E-state index is 0.00596. The van der Waals surface area contributed by atoms with Crippen LogP contribution in [0.1, 0.15) is 59.1 Å². The van der Waals surface area contributed by atoms with Gasteiger partial charge in [-0.1, -0.05) is 101 Å². The van der Waals surface area contributed by atoms with E-state index < -0.39 is 32.5 Å². The summed E-state index contributed by atoms with van der Waals surface area (Å²) in [5.41, 5.74) is 4.14. The van der Waals surface area contributed by atoms with Gasteiger partial charge in [-0.05, 0) is 48.5 Å². The molecule has 0 radical (unpaired) electrons. The molecule has 0 aliphatic rings. The van der Waals surface area contributed by atoms with Gasteiger partial charge in [0, 0.05) is 12.2 Å². The Morgan fingerprint density at radius 2 is 1.42 bits per heavy atom. The first kappa shape index (κ1) is 35.6. The summed E-state index contributed by atoms with van der Waals surface area (Å²) in [4.78, 5) is 38.9. The van der Waals surface area contributed by atoms with Gasteiger partial charge in [-0.15, -0.1) is 0 Å². The largest absolute Gasteiger partial charge is 0.463 e. The second kappa shape index (κ2) is 16.9. The minimum atomic E-state index is -2.22. The summed E-state index contributed by atoms with van der Waals surface area (Å²) >= 11 is 0. The standard InChI is InChI=1S/C33H48N2O7Si/c1-9-39-30(36)21-20-28(22-29(25(2)3)42-43(7,8)33(4,5)6)35(32(38)41-24-27-18-14-11-15-19-27)34-31(37)40-23-26-16-12-10-13-17-26/h10-21,25,28-29H,9,22-24H2,1-8H3,(H,34,37)/b21-20+/t28-,29+/m1/s1. The Morgan fingerprint density at radius 3 is 1.91 bits per heavy atom. The number of carbonyl (C=O) groups is 3. The molecule has 10 heteroatoms. The van der Waals surface area contributed by atoms with Crippen molar-refractivity contribution in [1.29, 1.82) is 0 Å². The fourth-order valence-corrected chi connectivity index (χ4v) is 5.28. The zero-order chi connectivity index (χ0) is 32.0. The predicted molar refractivity (Wildman–Crippen MR) is 169 cm³/mol. The van der Waals surface area contributed by atoms with Crippen LogP contribution < -0.4 is 5.43 Å². The molecule has 0 spiro atoms. The van der Waals surface area contributed by atoms with Gasteiger partial charge in [0.15, 0.2) is 8.32 Å². The van der Waals surface area contributed by atoms with Crippen LogP contribution in [0.15, 0.2) is 72.8 Å². The van der Waals surface area contributed by atoms with E-state index in [1.165, 1.54) is 12.2 Å². The molecule has 0 aliphatic heterocycles. The third kappa shape index (κ3) is 12.2. The summed E-state index contributed by atoms with van der Waals surface area (Å²) < 4.78 is 22.9. The van der Waals surface area contributed by atoms with E-state index in [1.807, 2.05) is 74.5 Å². The average Bonchev–Trinajstić information content (AvgIpc) is 2.95. The molecule has 2 amide bonds. The zero-order valence-corrected chi connectivity index (χ0v) is 27.8. The Kier molecular flexibility index (Phi) is 13.9. The summed E-state index contributed by atoms with van der Waals surface area (Å²) in [5, 5.41) is 1.01. The second-order valence-electron chi connectivity index (χ2n) is 12.2. The molecule has 2 rings (SSSR count). The highest BCUT2D eigenvalue weighted by molar-refractivity contribution is 6.74. The number of hydrazine groups is 1. The molecule has 0 heterocycles. The van der Waals surface area contributed by atoms with Crippen LogP contribution in [-0.2, 0) is 36.6 Å². The van der Waals surface area contributed by atoms with Crippen LogP contribution in [0.3, 0.4) is 0 Å². The Hall–Kier alpha value is -3.63. The smallest absolute Gasteiger partial charge is 0.429 e. The fourth-order valence-electron chi connectivity index (χ4n) is 3.81. The molecule has 0 unspecified atom stereocenters. The normalized spacial score (nSPS) is 13.3. The molecular formula is C33H48N2O7Si. The number of hydrogen-bond donors (Lipinski definition) is 1. The Morgan fingerprint density at radius 1 is 0.884 bits per heavy atom. The Balaban J connectivity index is 2.41. The van der Waals surface area contributed by atoms with Crippen LogP contribution in [-0.4, -0.2) is 50.2 Å². The lowest BCUT2D eigenvalue weighted by atomic mass is 9.99. The topological polar surface area (TPSA) is 103 Å². The molecule has 0 saturated carbocycles. The van der Waals surface area contributed by atoms with E-state index in [4.69, 9.17) is 18.6 Å². The number of amides is 2. The number of nitrogens with zero attached hydrogens (tertiary/aromatic N) is 1. The molecule has 43 heavy (non-hydrogen) atoms. The van der Waals surface area contributed by atoms with E-state index in [9.17, 15) is 14.4 Å². The quantitative estimate of drug-likeness (QED) is 0.0827. The third-order valence-electron chi connectivity index (χ3n) is 7.37. The highest BCUT2D eigenvalue weighted by Crippen LogP contribution is 2.39. The predicted octanol–water partition coefficient (Wildman–Crippen LogP) is 7.39. The molecule has 2 aromatic carbocycles. The van der Waals surface area contributed by atoms with Crippen molar-refractivity contribution < 1.29 is 33.0 Å². The SMILES string of the molecule is CCOC(=O)/C=C/[C@H](C[C@H](O[Si](C)(C)C(C)(C)C)C(C)C)N(NC(=O)OCc1ccccc1)C(=O)OCc1ccccc1. The number of carbonyl (C=O) groups excluding carboxylic acids is 3. The molecular weight excluding hydrogens is 564 g/mol. The second-order valence-corrected chi connectivity index (χ2v) is 16.9. The number of nitrogens with one attached hydrogen (secondary N) is 1. The van der Waals surface area contributed by atoms with Gasteiger partial charge < -0.3 is 18.6 Å². The number of rotatable bonds is 13. The molecule has 1 N–H and O–H groups in total. The van der Waals surface area contributed by atoms with E-state index in [1.54, 1.807) is 6.92 Å². The minimum Gasteiger partial charge on any atom is -0.463 e. The summed E-state index contributed by atoms with van der Waals surface area (Å²) in [6, 6.07) is 17.6. The van der Waals surface area contributed by atoms with Crippen LogP contribution in [0.2, 0.25) is 18.1 Å². The van der Waals surface area contributed by atoms with Crippen molar-refractivity contribution in [3.63, 3.8) is 0 Å². The molecule has 0 bridgehead atoms. The molecule has 9 nitrogen and oxygen atoms in total. The summed E-state index contributed by atoms with van der Waals surface area (Å²) in [6.45, 7) is 16.8. The molecule has 236 valence electrons. The van der Waals surface area contributed by atoms with E-state index >= 15 is 0 Å². The van der Waals surface area contributed by atoms with Gasteiger partial charge in [0.05, 0.1) is 12.6 Å². The highest BCUT2D eigenvalue weighted by atomic mass is 28.4. The van der Waals surface area contributed by atoms with Gasteiger partial charge in [-0.25, -0.2) is 24.8 Å². The van der Waals surface area contributed by atoms with Crippen molar-refractivity contribution >= 4 is 26.5 Å². The third-order valence-corrected chi connectivity index (χ3v) is 11.9. The van der Waals surface area contributed by atoms with E-state index in [2.05, 4.69) is 39.3 Å². The van der Waals surface area contributed by atoms with Crippen molar-refractivity contribution in [2.45, 2.75) is 91.5 Å². The van der Waals surface area contributed by atoms with Gasteiger partial charge >= 0.3 is 18.2 Å². The first-order valence-corrected chi connectivity index (χ1v) is 17.6. The van der Waals surface area contributed by atoms with Crippen molar-refractivity contribution in [2.24, 2.45) is 5.92 Å². The summed E-state index contributed by atoms with van der Waals surface area (Å²) in [5.74, 6) is -0.497. The van der Waals surface area contributed by atoms with Crippen LogP contribution in [0.5, 0.6) is 0 Å². The molecule has 0 aromatic heterocycles. The maximum Gasteiger partial charge on any atom is 0.429 e. The van der Waals surface area contributed by atoms with Gasteiger partial charge in [0.25, 0.3) is 0 Å². The number of benzene rings is 2. The van der Waals surface area contributed by atoms with E-state index in [0.29, 0.717) is 0 Å². The number of ether oxygens (including phenoxy) is 3. The van der Waals surface area contributed by atoms with E-state index in [0.717, 1.165) is 16.1 Å². The highest BCUT2D eigenvalue weighted by Gasteiger charge is 2.41. The lowest BCUT2D eigenvalue weighted by Crippen LogP contribution is -2.54. The van der Waals surface area contributed by atoms with Crippen LogP contribution >= 0.6 is 0 Å². The van der Waals surface area contributed by atoms with Crippen molar-refractivity contribution in [3.05, 3.63) is 83.9 Å². The van der Waals surface area contributed by atoms with Gasteiger partial charge in [-0.3, -0.25) is 0 Å². The Bertz CT molecular complexity index is 1180. The summed E-state index contributed by atoms with van der Waals surface area (Å²) in [6.07, 6.45) is 1.11. The van der Waals surface area contributed by atoms with Crippen LogP contribution in [0.4, 0.5) is 9.59 Å². The number of esters is 1. The first-order chi connectivity index (χ1) is 20.2. The first-order valence-electron chi connectivity index (χ1n) is 14.7. The van der Waals surface area contributed by atoms with Gasteiger partial charge in [0.2, 0.25) is 0 Å². The monoisotopic (exact) mass is 612 g/mol. The van der Waals surface area contributed by atoms with Crippen molar-refractivity contribution in [1.82, 2.24) is 10.4 Å². The Labute approximate surface area is 257 Å². The molecule has 0 fully saturated rings. The van der Waals surface area contributed by atoms with E-state index in [-0.39, 0.29) is 43.3 Å². The maximum absolute atomic E-state index is 13.6. The van der Waals surface area contributed by atoms with Crippen molar-refractivity contribution in [3.8, 4) is 0 Å². The van der Waals surface area contributed by atoms with Gasteiger partial charge in [0.1, 0.15) is 13.2 Å². The fraction of sp³-hybridized carbons (Fsp3) is 0.485. The lowest BCUT2D eigenvalue weighted by Gasteiger charge is -2.42. The van der Waals surface area contributed by atoms with Crippen LogP contribution in [0.25, 0.3) is 0 Å². The lowest BCUT2D eigenvalue weighted by molar-refractivity contribution is -0.137. The van der Waals surface area contributed by atoms with Crippen molar-refractivity contribution in [2.75, 3.05) is 6.61 Å². The van der Waals surface area contributed by atoms with Gasteiger partial charge in [-0.2, -0.15) is 0 Å². The number of hydrogen-bond acceptors (Lipinski definition) is 7. The zero-order valence-electron chi connectivity index (χ0n) is 26.8. The molecule has 2 atom stereocenters. The average molecular weight is 613 g/mol.